The van der Waals surface area contributed by atoms with Crippen molar-refractivity contribution in [1.82, 2.24) is 15.1 Å². The Kier molecular flexibility index (Phi) is 6.78. The van der Waals surface area contributed by atoms with E-state index < -0.39 is 0 Å². The molecule has 0 aromatic heterocycles. The molecule has 2 fully saturated rings. The molecular formula is C26H31FN4O3. The highest BCUT2D eigenvalue weighted by molar-refractivity contribution is 5.82. The van der Waals surface area contributed by atoms with E-state index in [9.17, 15) is 14.0 Å². The second kappa shape index (κ2) is 10.1. The van der Waals surface area contributed by atoms with Gasteiger partial charge in [0.1, 0.15) is 5.82 Å². The lowest BCUT2D eigenvalue weighted by Gasteiger charge is -2.49. The fourth-order valence-corrected chi connectivity index (χ4v) is 5.32. The summed E-state index contributed by atoms with van der Waals surface area (Å²) in [6.07, 6.45) is 0.631. The Morgan fingerprint density at radius 3 is 2.59 bits per heavy atom. The maximum absolute atomic E-state index is 14.1. The normalized spacial score (nSPS) is 22.6. The molecule has 3 aliphatic rings. The zero-order chi connectivity index (χ0) is 23.5. The van der Waals surface area contributed by atoms with Crippen LogP contribution in [-0.4, -0.2) is 80.1 Å². The lowest BCUT2D eigenvalue weighted by atomic mass is 9.83. The van der Waals surface area contributed by atoms with Gasteiger partial charge in [0, 0.05) is 50.5 Å². The number of ether oxygens (including phenoxy) is 1. The number of para-hydroxylation sites is 1. The fraction of sp³-hybridized carbons (Fsp3) is 0.462. The number of nitrogens with zero attached hydrogens (tertiary/aromatic N) is 3. The first-order chi connectivity index (χ1) is 16.6. The first-order valence-corrected chi connectivity index (χ1v) is 12.0. The van der Waals surface area contributed by atoms with Crippen molar-refractivity contribution in [3.05, 3.63) is 65.5 Å². The van der Waals surface area contributed by atoms with Crippen molar-refractivity contribution in [2.75, 3.05) is 57.4 Å². The Bertz CT molecular complexity index is 1040. The topological polar surface area (TPSA) is 65.1 Å². The van der Waals surface area contributed by atoms with E-state index in [1.807, 2.05) is 17.0 Å². The monoisotopic (exact) mass is 466 g/mol. The largest absolute Gasteiger partial charge is 0.378 e. The van der Waals surface area contributed by atoms with Crippen LogP contribution in [0.4, 0.5) is 10.1 Å². The van der Waals surface area contributed by atoms with Gasteiger partial charge in [-0.15, -0.1) is 0 Å². The number of morpholine rings is 1. The number of fused-ring (bicyclic) bond motifs is 3. The molecule has 1 N–H and O–H groups in total. The van der Waals surface area contributed by atoms with E-state index in [2.05, 4.69) is 27.2 Å². The number of halogens is 1. The third kappa shape index (κ3) is 4.79. The van der Waals surface area contributed by atoms with Crippen LogP contribution in [-0.2, 0) is 27.3 Å². The van der Waals surface area contributed by atoms with Gasteiger partial charge in [0.2, 0.25) is 11.8 Å². The van der Waals surface area contributed by atoms with Crippen molar-refractivity contribution in [3.63, 3.8) is 0 Å². The minimum absolute atomic E-state index is 0.0400. The molecule has 2 saturated heterocycles. The van der Waals surface area contributed by atoms with E-state index in [1.165, 1.54) is 11.8 Å². The summed E-state index contributed by atoms with van der Waals surface area (Å²) in [5, 5.41) is 2.97. The summed E-state index contributed by atoms with van der Waals surface area (Å²) in [7, 11) is 0. The highest BCUT2D eigenvalue weighted by atomic mass is 19.1. The van der Waals surface area contributed by atoms with E-state index in [0.717, 1.165) is 18.7 Å². The number of hydrogen-bond donors (Lipinski definition) is 1. The Labute approximate surface area is 199 Å². The molecule has 3 aliphatic heterocycles. The van der Waals surface area contributed by atoms with Crippen molar-refractivity contribution < 1.29 is 18.7 Å². The summed E-state index contributed by atoms with van der Waals surface area (Å²) in [6.45, 7) is 5.13. The highest BCUT2D eigenvalue weighted by Crippen LogP contribution is 2.36. The average Bonchev–Trinajstić information content (AvgIpc) is 2.88. The number of nitrogens with one attached hydrogen (secondary N) is 1. The quantitative estimate of drug-likeness (QED) is 0.726. The number of amides is 2. The maximum atomic E-state index is 14.1. The zero-order valence-electron chi connectivity index (χ0n) is 19.3. The van der Waals surface area contributed by atoms with E-state index in [0.29, 0.717) is 51.4 Å². The molecule has 0 bridgehead atoms. The van der Waals surface area contributed by atoms with Crippen LogP contribution in [0.5, 0.6) is 0 Å². The van der Waals surface area contributed by atoms with Crippen LogP contribution >= 0.6 is 0 Å². The Morgan fingerprint density at radius 1 is 1.00 bits per heavy atom. The fourth-order valence-electron chi connectivity index (χ4n) is 5.32. The van der Waals surface area contributed by atoms with Crippen LogP contribution in [0.15, 0.2) is 48.5 Å². The van der Waals surface area contributed by atoms with Crippen molar-refractivity contribution in [2.24, 2.45) is 5.92 Å². The molecule has 34 heavy (non-hydrogen) atoms. The van der Waals surface area contributed by atoms with Gasteiger partial charge in [-0.05, 0) is 24.1 Å². The van der Waals surface area contributed by atoms with Crippen LogP contribution in [0.2, 0.25) is 0 Å². The minimum Gasteiger partial charge on any atom is -0.378 e. The number of hydrogen-bond acceptors (Lipinski definition) is 5. The van der Waals surface area contributed by atoms with E-state index in [-0.39, 0.29) is 36.1 Å². The van der Waals surface area contributed by atoms with Gasteiger partial charge in [0.15, 0.2) is 0 Å². The SMILES string of the molecule is O=C(NCc1ccccc1F)C1Cc2ccccc2N2CCN(CC(=O)N3CCOCC3)CC12. The van der Waals surface area contributed by atoms with Gasteiger partial charge in [0.25, 0.3) is 0 Å². The van der Waals surface area contributed by atoms with Gasteiger partial charge in [-0.1, -0.05) is 36.4 Å². The predicted octanol–water partition coefficient (Wildman–Crippen LogP) is 1.66. The summed E-state index contributed by atoms with van der Waals surface area (Å²) < 4.78 is 19.4. The first-order valence-electron chi connectivity index (χ1n) is 12.0. The smallest absolute Gasteiger partial charge is 0.236 e. The molecule has 0 saturated carbocycles. The van der Waals surface area contributed by atoms with Crippen molar-refractivity contribution >= 4 is 17.5 Å². The van der Waals surface area contributed by atoms with Crippen molar-refractivity contribution in [1.29, 1.82) is 0 Å². The number of carbonyl (C=O) groups is 2. The molecule has 2 unspecified atom stereocenters. The number of anilines is 1. The molecule has 0 radical (unpaired) electrons. The highest BCUT2D eigenvalue weighted by Gasteiger charge is 2.41. The molecular weight excluding hydrogens is 435 g/mol. The van der Waals surface area contributed by atoms with Gasteiger partial charge < -0.3 is 19.9 Å². The molecule has 5 rings (SSSR count). The van der Waals surface area contributed by atoms with Crippen LogP contribution in [0.1, 0.15) is 11.1 Å². The van der Waals surface area contributed by atoms with E-state index >= 15 is 0 Å². The van der Waals surface area contributed by atoms with Crippen molar-refractivity contribution in [3.8, 4) is 0 Å². The molecule has 2 amide bonds. The molecule has 3 heterocycles. The molecule has 0 aliphatic carbocycles. The second-order valence-corrected chi connectivity index (χ2v) is 9.24. The molecule has 0 spiro atoms. The maximum Gasteiger partial charge on any atom is 0.236 e. The Hall–Kier alpha value is -2.97. The molecule has 2 aromatic rings. The molecule has 180 valence electrons. The second-order valence-electron chi connectivity index (χ2n) is 9.24. The van der Waals surface area contributed by atoms with Crippen molar-refractivity contribution in [2.45, 2.75) is 19.0 Å². The molecule has 7 nitrogen and oxygen atoms in total. The van der Waals surface area contributed by atoms with Crippen LogP contribution in [0, 0.1) is 11.7 Å². The summed E-state index contributed by atoms with van der Waals surface area (Å²) in [5.41, 5.74) is 2.80. The zero-order valence-corrected chi connectivity index (χ0v) is 19.3. The summed E-state index contributed by atoms with van der Waals surface area (Å²) in [5.74, 6) is -0.547. The van der Waals surface area contributed by atoms with Gasteiger partial charge in [-0.3, -0.25) is 14.5 Å². The third-order valence-corrected chi connectivity index (χ3v) is 7.18. The summed E-state index contributed by atoms with van der Waals surface area (Å²) >= 11 is 0. The van der Waals surface area contributed by atoms with E-state index in [1.54, 1.807) is 18.2 Å². The predicted molar refractivity (Wildman–Crippen MR) is 127 cm³/mol. The Morgan fingerprint density at radius 2 is 1.76 bits per heavy atom. The minimum atomic E-state index is -0.316. The molecule has 2 atom stereocenters. The van der Waals surface area contributed by atoms with Crippen LogP contribution < -0.4 is 10.2 Å². The van der Waals surface area contributed by atoms with Gasteiger partial charge in [-0.2, -0.15) is 0 Å². The van der Waals surface area contributed by atoms with Crippen LogP contribution in [0.25, 0.3) is 0 Å². The lowest BCUT2D eigenvalue weighted by Crippen LogP contribution is -2.62. The van der Waals surface area contributed by atoms with Crippen LogP contribution in [0.3, 0.4) is 0 Å². The number of benzene rings is 2. The number of rotatable bonds is 5. The lowest BCUT2D eigenvalue weighted by molar-refractivity contribution is -0.136. The van der Waals surface area contributed by atoms with Gasteiger partial charge >= 0.3 is 0 Å². The third-order valence-electron chi connectivity index (χ3n) is 7.18. The van der Waals surface area contributed by atoms with Gasteiger partial charge in [0.05, 0.1) is 31.7 Å². The molecule has 8 heteroatoms. The van der Waals surface area contributed by atoms with E-state index in [4.69, 9.17) is 4.74 Å². The standard InChI is InChI=1S/C26H31FN4O3/c27-22-7-3-1-6-20(22)16-28-26(33)21-15-19-5-2-4-8-23(19)31-10-9-29(17-24(21)31)18-25(32)30-11-13-34-14-12-30/h1-8,21,24H,9-18H2,(H,28,33). The Balaban J connectivity index is 1.30. The number of piperazine rings is 1. The first kappa shape index (κ1) is 22.8. The number of carbonyl (C=O) groups excluding carboxylic acids is 2. The summed E-state index contributed by atoms with van der Waals surface area (Å²) in [6, 6.07) is 14.7. The average molecular weight is 467 g/mol. The molecule has 2 aromatic carbocycles. The summed E-state index contributed by atoms with van der Waals surface area (Å²) in [4.78, 5) is 32.5. The van der Waals surface area contributed by atoms with Gasteiger partial charge in [-0.25, -0.2) is 4.39 Å².